The Morgan fingerprint density at radius 2 is 1.95 bits per heavy atom. The number of carbonyl (C=O) groups is 2. The minimum Gasteiger partial charge on any atom is -0.481 e. The van der Waals surface area contributed by atoms with Gasteiger partial charge in [-0.3, -0.25) is 4.79 Å². The van der Waals surface area contributed by atoms with Crippen molar-refractivity contribution in [2.75, 3.05) is 27.2 Å². The molecule has 20 heavy (non-hydrogen) atoms. The molecule has 6 heteroatoms. The lowest BCUT2D eigenvalue weighted by molar-refractivity contribution is -0.137. The summed E-state index contributed by atoms with van der Waals surface area (Å²) in [5.41, 5.74) is 0. The first-order valence-electron chi connectivity index (χ1n) is 7.16. The second-order valence-corrected chi connectivity index (χ2v) is 6.31. The van der Waals surface area contributed by atoms with Crippen LogP contribution in [-0.4, -0.2) is 66.2 Å². The van der Waals surface area contributed by atoms with E-state index in [1.807, 2.05) is 27.9 Å². The zero-order valence-corrected chi connectivity index (χ0v) is 13.1. The highest BCUT2D eigenvalue weighted by molar-refractivity contribution is 5.76. The van der Waals surface area contributed by atoms with Crippen molar-refractivity contribution in [3.8, 4) is 0 Å². The van der Waals surface area contributed by atoms with E-state index < -0.39 is 5.97 Å². The molecule has 0 aromatic rings. The number of nitrogens with one attached hydrogen (secondary N) is 1. The number of likely N-dealkylation sites (tertiary alicyclic amines) is 1. The Morgan fingerprint density at radius 1 is 1.35 bits per heavy atom. The van der Waals surface area contributed by atoms with Gasteiger partial charge in [0.05, 0.1) is 6.42 Å². The van der Waals surface area contributed by atoms with Crippen LogP contribution in [0.25, 0.3) is 0 Å². The molecule has 116 valence electrons. The molecule has 1 aliphatic rings. The van der Waals surface area contributed by atoms with Gasteiger partial charge < -0.3 is 20.2 Å². The van der Waals surface area contributed by atoms with E-state index in [4.69, 9.17) is 5.11 Å². The molecular formula is C14H27N3O3. The van der Waals surface area contributed by atoms with Crippen LogP contribution in [0.1, 0.15) is 27.2 Å². The second kappa shape index (κ2) is 6.92. The fourth-order valence-electron chi connectivity index (χ4n) is 2.68. The van der Waals surface area contributed by atoms with Crippen LogP contribution < -0.4 is 5.32 Å². The van der Waals surface area contributed by atoms with Gasteiger partial charge in [-0.2, -0.15) is 0 Å². The summed E-state index contributed by atoms with van der Waals surface area (Å²) in [6, 6.07) is -0.118. The molecule has 0 aliphatic carbocycles. The zero-order valence-electron chi connectivity index (χ0n) is 13.1. The van der Waals surface area contributed by atoms with Gasteiger partial charge in [0, 0.05) is 25.2 Å². The predicted molar refractivity (Wildman–Crippen MR) is 77.6 cm³/mol. The Kier molecular flexibility index (Phi) is 5.80. The van der Waals surface area contributed by atoms with E-state index in [1.54, 1.807) is 4.90 Å². The lowest BCUT2D eigenvalue weighted by Crippen LogP contribution is -2.47. The highest BCUT2D eigenvalue weighted by atomic mass is 16.4. The van der Waals surface area contributed by atoms with Gasteiger partial charge in [-0.1, -0.05) is 20.8 Å². The summed E-state index contributed by atoms with van der Waals surface area (Å²) in [5, 5.41) is 11.8. The molecule has 0 saturated carbocycles. The Bertz CT molecular complexity index is 358. The van der Waals surface area contributed by atoms with Crippen molar-refractivity contribution in [2.24, 2.45) is 11.8 Å². The fourth-order valence-corrected chi connectivity index (χ4v) is 2.68. The molecule has 1 heterocycles. The van der Waals surface area contributed by atoms with Gasteiger partial charge in [0.15, 0.2) is 0 Å². The molecule has 0 radical (unpaired) electrons. The summed E-state index contributed by atoms with van der Waals surface area (Å²) >= 11 is 0. The standard InChI is InChI=1S/C14H27N3O3/c1-9(2)11(6-13(18)19)15-14(20)17-7-10(3)12(8-17)16(4)5/h9-12H,6-8H2,1-5H3,(H,15,20)(H,18,19). The van der Waals surface area contributed by atoms with E-state index in [-0.39, 0.29) is 24.4 Å². The summed E-state index contributed by atoms with van der Waals surface area (Å²) in [5.74, 6) is -0.364. The van der Waals surface area contributed by atoms with Crippen molar-refractivity contribution >= 4 is 12.0 Å². The first-order chi connectivity index (χ1) is 9.22. The summed E-state index contributed by atoms with van der Waals surface area (Å²) < 4.78 is 0. The van der Waals surface area contributed by atoms with E-state index in [9.17, 15) is 9.59 Å². The van der Waals surface area contributed by atoms with Crippen molar-refractivity contribution in [2.45, 2.75) is 39.3 Å². The average molecular weight is 285 g/mol. The quantitative estimate of drug-likeness (QED) is 0.793. The van der Waals surface area contributed by atoms with Gasteiger partial charge in [-0.25, -0.2) is 4.79 Å². The van der Waals surface area contributed by atoms with Crippen LogP contribution in [0.3, 0.4) is 0 Å². The highest BCUT2D eigenvalue weighted by Crippen LogP contribution is 2.20. The molecule has 1 fully saturated rings. The van der Waals surface area contributed by atoms with Crippen LogP contribution in [-0.2, 0) is 4.79 Å². The highest BCUT2D eigenvalue weighted by Gasteiger charge is 2.34. The number of carboxylic acid groups (broad SMARTS) is 1. The van der Waals surface area contributed by atoms with E-state index in [1.165, 1.54) is 0 Å². The number of urea groups is 1. The van der Waals surface area contributed by atoms with Gasteiger partial charge in [0.1, 0.15) is 0 Å². The zero-order chi connectivity index (χ0) is 15.4. The number of hydrogen-bond acceptors (Lipinski definition) is 3. The number of rotatable bonds is 5. The van der Waals surface area contributed by atoms with Crippen LogP contribution >= 0.6 is 0 Å². The normalized spacial score (nSPS) is 24.2. The van der Waals surface area contributed by atoms with Gasteiger partial charge in [-0.05, 0) is 25.9 Å². The third-order valence-corrected chi connectivity index (χ3v) is 4.03. The van der Waals surface area contributed by atoms with Crippen LogP contribution in [0.15, 0.2) is 0 Å². The molecule has 0 spiro atoms. The van der Waals surface area contributed by atoms with E-state index >= 15 is 0 Å². The van der Waals surface area contributed by atoms with E-state index in [0.717, 1.165) is 0 Å². The molecule has 3 unspecified atom stereocenters. The second-order valence-electron chi connectivity index (χ2n) is 6.31. The lowest BCUT2D eigenvalue weighted by atomic mass is 10.0. The number of aliphatic carboxylic acids is 1. The Morgan fingerprint density at radius 3 is 2.35 bits per heavy atom. The SMILES string of the molecule is CC(C)C(CC(=O)O)NC(=O)N1CC(C)C(N(C)C)C1. The summed E-state index contributed by atoms with van der Waals surface area (Å²) in [6.07, 6.45) is -0.0378. The molecule has 6 nitrogen and oxygen atoms in total. The molecule has 0 aromatic heterocycles. The number of hydrogen-bond donors (Lipinski definition) is 2. The fraction of sp³-hybridized carbons (Fsp3) is 0.857. The number of nitrogens with zero attached hydrogens (tertiary/aromatic N) is 2. The largest absolute Gasteiger partial charge is 0.481 e. The maximum atomic E-state index is 12.3. The van der Waals surface area contributed by atoms with Gasteiger partial charge >= 0.3 is 12.0 Å². The summed E-state index contributed by atoms with van der Waals surface area (Å²) in [7, 11) is 4.04. The molecular weight excluding hydrogens is 258 g/mol. The number of carbonyl (C=O) groups excluding carboxylic acids is 1. The van der Waals surface area contributed by atoms with Crippen molar-refractivity contribution in [1.82, 2.24) is 15.1 Å². The monoisotopic (exact) mass is 285 g/mol. The first kappa shape index (κ1) is 16.8. The average Bonchev–Trinajstić information content (AvgIpc) is 2.69. The molecule has 3 atom stereocenters. The van der Waals surface area contributed by atoms with Gasteiger partial charge in [0.2, 0.25) is 0 Å². The van der Waals surface area contributed by atoms with E-state index in [0.29, 0.717) is 25.0 Å². The van der Waals surface area contributed by atoms with Gasteiger partial charge in [-0.15, -0.1) is 0 Å². The van der Waals surface area contributed by atoms with Crippen LogP contribution in [0, 0.1) is 11.8 Å². The molecule has 1 rings (SSSR count). The van der Waals surface area contributed by atoms with Crippen LogP contribution in [0.5, 0.6) is 0 Å². The number of likely N-dealkylation sites (N-methyl/N-ethyl adjacent to an activating group) is 1. The topological polar surface area (TPSA) is 72.9 Å². The number of carboxylic acids is 1. The summed E-state index contributed by atoms with van der Waals surface area (Å²) in [4.78, 5) is 27.0. The Hall–Kier alpha value is -1.30. The van der Waals surface area contributed by atoms with Crippen LogP contribution in [0.4, 0.5) is 4.79 Å². The predicted octanol–water partition coefficient (Wildman–Crippen LogP) is 1.08. The molecule has 0 aromatic carbocycles. The minimum absolute atomic E-state index is 0.0378. The molecule has 1 saturated heterocycles. The smallest absolute Gasteiger partial charge is 0.317 e. The summed E-state index contributed by atoms with van der Waals surface area (Å²) in [6.45, 7) is 7.38. The first-order valence-corrected chi connectivity index (χ1v) is 7.16. The van der Waals surface area contributed by atoms with Crippen molar-refractivity contribution in [3.05, 3.63) is 0 Å². The maximum Gasteiger partial charge on any atom is 0.317 e. The molecule has 1 aliphatic heterocycles. The van der Waals surface area contributed by atoms with E-state index in [2.05, 4.69) is 17.1 Å². The van der Waals surface area contributed by atoms with Crippen molar-refractivity contribution in [1.29, 1.82) is 0 Å². The molecule has 2 amide bonds. The Balaban J connectivity index is 2.60. The molecule has 2 N–H and O–H groups in total. The third-order valence-electron chi connectivity index (χ3n) is 4.03. The number of amides is 2. The maximum absolute atomic E-state index is 12.3. The third kappa shape index (κ3) is 4.37. The minimum atomic E-state index is -0.884. The van der Waals surface area contributed by atoms with Crippen molar-refractivity contribution < 1.29 is 14.7 Å². The lowest BCUT2D eigenvalue weighted by Gasteiger charge is -2.25. The van der Waals surface area contributed by atoms with Gasteiger partial charge in [0.25, 0.3) is 0 Å². The van der Waals surface area contributed by atoms with Crippen LogP contribution in [0.2, 0.25) is 0 Å². The molecule has 0 bridgehead atoms. The Labute approximate surface area is 121 Å². The van der Waals surface area contributed by atoms with Crippen molar-refractivity contribution in [3.63, 3.8) is 0 Å².